The Hall–Kier alpha value is -2.08. The monoisotopic (exact) mass is 288 g/mol. The fraction of sp³-hybridized carbons (Fsp3) is 0.467. The summed E-state index contributed by atoms with van der Waals surface area (Å²) < 4.78 is 1.60. The highest BCUT2D eigenvalue weighted by Crippen LogP contribution is 2.17. The number of anilines is 1. The Balaban J connectivity index is 1.71. The zero-order valence-corrected chi connectivity index (χ0v) is 12.0. The largest absolute Gasteiger partial charge is 0.476 e. The molecule has 6 nitrogen and oxygen atoms in total. The number of hydrogen-bond acceptors (Lipinski definition) is 4. The van der Waals surface area contributed by atoms with E-state index in [2.05, 4.69) is 15.2 Å². The first-order chi connectivity index (χ1) is 10.3. The van der Waals surface area contributed by atoms with E-state index in [0.29, 0.717) is 18.0 Å². The highest BCUT2D eigenvalue weighted by atomic mass is 16.4. The Morgan fingerprint density at radius 1 is 1.29 bits per heavy atom. The van der Waals surface area contributed by atoms with E-state index in [4.69, 9.17) is 0 Å². The first-order valence-electron chi connectivity index (χ1n) is 7.42. The first kappa shape index (κ1) is 13.9. The SMILES string of the molecule is O=C(O)c1c(NCCN2CCCCC2)nc2ccccn12. The molecule has 0 unspecified atom stereocenters. The highest BCUT2D eigenvalue weighted by Gasteiger charge is 2.18. The van der Waals surface area contributed by atoms with E-state index < -0.39 is 5.97 Å². The Kier molecular flexibility index (Phi) is 4.06. The Morgan fingerprint density at radius 3 is 2.86 bits per heavy atom. The molecule has 0 amide bonds. The van der Waals surface area contributed by atoms with E-state index in [0.717, 1.165) is 19.6 Å². The van der Waals surface area contributed by atoms with Crippen molar-refractivity contribution in [2.24, 2.45) is 0 Å². The average molecular weight is 288 g/mol. The number of aromatic nitrogens is 2. The van der Waals surface area contributed by atoms with Crippen molar-refractivity contribution >= 4 is 17.4 Å². The lowest BCUT2D eigenvalue weighted by Gasteiger charge is -2.26. The molecule has 0 saturated carbocycles. The molecule has 0 bridgehead atoms. The Morgan fingerprint density at radius 2 is 2.10 bits per heavy atom. The minimum Gasteiger partial charge on any atom is -0.476 e. The van der Waals surface area contributed by atoms with Crippen LogP contribution in [0.4, 0.5) is 5.82 Å². The molecule has 6 heteroatoms. The van der Waals surface area contributed by atoms with Crippen LogP contribution < -0.4 is 5.32 Å². The molecule has 0 atom stereocenters. The number of imidazole rings is 1. The van der Waals surface area contributed by atoms with Crippen molar-refractivity contribution in [2.45, 2.75) is 19.3 Å². The molecular formula is C15H20N4O2. The minimum absolute atomic E-state index is 0.198. The molecule has 21 heavy (non-hydrogen) atoms. The van der Waals surface area contributed by atoms with Gasteiger partial charge in [0.25, 0.3) is 0 Å². The first-order valence-corrected chi connectivity index (χ1v) is 7.42. The van der Waals surface area contributed by atoms with Crippen molar-refractivity contribution < 1.29 is 9.90 Å². The highest BCUT2D eigenvalue weighted by molar-refractivity contribution is 5.92. The number of fused-ring (bicyclic) bond motifs is 1. The fourth-order valence-electron chi connectivity index (χ4n) is 2.84. The van der Waals surface area contributed by atoms with Gasteiger partial charge in [-0.25, -0.2) is 9.78 Å². The summed E-state index contributed by atoms with van der Waals surface area (Å²) >= 11 is 0. The Labute approximate surface area is 123 Å². The molecular weight excluding hydrogens is 268 g/mol. The number of carboxylic acids is 1. The fourth-order valence-corrected chi connectivity index (χ4v) is 2.84. The zero-order chi connectivity index (χ0) is 14.7. The number of aromatic carboxylic acids is 1. The quantitative estimate of drug-likeness (QED) is 0.880. The van der Waals surface area contributed by atoms with E-state index in [1.807, 2.05) is 12.1 Å². The molecule has 0 aliphatic carbocycles. The maximum atomic E-state index is 11.5. The summed E-state index contributed by atoms with van der Waals surface area (Å²) in [4.78, 5) is 18.2. The van der Waals surface area contributed by atoms with Gasteiger partial charge in [-0.15, -0.1) is 0 Å². The van der Waals surface area contributed by atoms with E-state index in [1.54, 1.807) is 16.7 Å². The van der Waals surface area contributed by atoms with Gasteiger partial charge in [-0.1, -0.05) is 12.5 Å². The lowest BCUT2D eigenvalue weighted by molar-refractivity contribution is 0.0690. The Bertz CT molecular complexity index is 632. The van der Waals surface area contributed by atoms with Gasteiger partial charge in [-0.3, -0.25) is 4.40 Å². The summed E-state index contributed by atoms with van der Waals surface area (Å²) in [5, 5.41) is 12.6. The zero-order valence-electron chi connectivity index (χ0n) is 12.0. The smallest absolute Gasteiger partial charge is 0.356 e. The van der Waals surface area contributed by atoms with Crippen LogP contribution in [-0.4, -0.2) is 51.5 Å². The van der Waals surface area contributed by atoms with E-state index in [9.17, 15) is 9.90 Å². The van der Waals surface area contributed by atoms with Crippen molar-refractivity contribution in [3.05, 3.63) is 30.1 Å². The molecule has 0 aromatic carbocycles. The molecule has 1 aliphatic heterocycles. The van der Waals surface area contributed by atoms with E-state index in [1.165, 1.54) is 19.3 Å². The summed E-state index contributed by atoms with van der Waals surface area (Å²) in [5.74, 6) is -0.514. The van der Waals surface area contributed by atoms with Crippen LogP contribution in [-0.2, 0) is 0 Å². The van der Waals surface area contributed by atoms with Gasteiger partial charge in [-0.05, 0) is 38.1 Å². The molecule has 3 rings (SSSR count). The summed E-state index contributed by atoms with van der Waals surface area (Å²) in [5.41, 5.74) is 0.847. The lowest BCUT2D eigenvalue weighted by Crippen LogP contribution is -2.33. The molecule has 112 valence electrons. The molecule has 1 aliphatic rings. The second-order valence-corrected chi connectivity index (χ2v) is 5.37. The number of carbonyl (C=O) groups is 1. The predicted molar refractivity (Wildman–Crippen MR) is 80.9 cm³/mol. The third kappa shape index (κ3) is 3.00. The molecule has 1 fully saturated rings. The van der Waals surface area contributed by atoms with Gasteiger partial charge < -0.3 is 15.3 Å². The number of hydrogen-bond donors (Lipinski definition) is 2. The number of likely N-dealkylation sites (tertiary alicyclic amines) is 1. The summed E-state index contributed by atoms with van der Waals surface area (Å²) in [6.45, 7) is 3.91. The number of nitrogens with one attached hydrogen (secondary N) is 1. The molecule has 0 radical (unpaired) electrons. The number of rotatable bonds is 5. The van der Waals surface area contributed by atoms with Gasteiger partial charge in [0.1, 0.15) is 5.65 Å². The minimum atomic E-state index is -0.964. The molecule has 1 saturated heterocycles. The van der Waals surface area contributed by atoms with Crippen molar-refractivity contribution in [1.82, 2.24) is 14.3 Å². The van der Waals surface area contributed by atoms with Gasteiger partial charge in [0.2, 0.25) is 0 Å². The van der Waals surface area contributed by atoms with Crippen molar-refractivity contribution in [3.8, 4) is 0 Å². The number of carboxylic acid groups (broad SMARTS) is 1. The maximum absolute atomic E-state index is 11.5. The van der Waals surface area contributed by atoms with Crippen LogP contribution in [0.15, 0.2) is 24.4 Å². The normalized spacial score (nSPS) is 16.2. The number of piperidine rings is 1. The molecule has 2 N–H and O–H groups in total. The summed E-state index contributed by atoms with van der Waals surface area (Å²) in [6.07, 6.45) is 5.56. The second kappa shape index (κ2) is 6.13. The topological polar surface area (TPSA) is 69.9 Å². The van der Waals surface area contributed by atoms with Crippen molar-refractivity contribution in [1.29, 1.82) is 0 Å². The van der Waals surface area contributed by atoms with Crippen molar-refractivity contribution in [3.63, 3.8) is 0 Å². The van der Waals surface area contributed by atoms with Crippen LogP contribution in [0.2, 0.25) is 0 Å². The number of nitrogens with zero attached hydrogens (tertiary/aromatic N) is 3. The third-order valence-corrected chi connectivity index (χ3v) is 3.90. The lowest BCUT2D eigenvalue weighted by atomic mass is 10.1. The third-order valence-electron chi connectivity index (χ3n) is 3.90. The van der Waals surface area contributed by atoms with Gasteiger partial charge in [0.05, 0.1) is 0 Å². The molecule has 3 heterocycles. The summed E-state index contributed by atoms with van der Waals surface area (Å²) in [7, 11) is 0. The van der Waals surface area contributed by atoms with E-state index in [-0.39, 0.29) is 5.69 Å². The van der Waals surface area contributed by atoms with Crippen LogP contribution in [0.5, 0.6) is 0 Å². The van der Waals surface area contributed by atoms with Crippen molar-refractivity contribution in [2.75, 3.05) is 31.5 Å². The average Bonchev–Trinajstić information content (AvgIpc) is 2.86. The molecule has 2 aromatic heterocycles. The molecule has 2 aromatic rings. The van der Waals surface area contributed by atoms with Crippen LogP contribution in [0.1, 0.15) is 29.8 Å². The van der Waals surface area contributed by atoms with Crippen LogP contribution in [0.25, 0.3) is 5.65 Å². The van der Waals surface area contributed by atoms with Gasteiger partial charge >= 0.3 is 5.97 Å². The standard InChI is InChI=1S/C15H20N4O2/c20-15(21)13-14(17-12-6-2-5-10-19(12)13)16-7-11-18-8-3-1-4-9-18/h2,5-6,10,16H,1,3-4,7-9,11H2,(H,20,21). The molecule has 0 spiro atoms. The van der Waals surface area contributed by atoms with Crippen LogP contribution in [0, 0.1) is 0 Å². The predicted octanol–water partition coefficient (Wildman–Crippen LogP) is 1.93. The maximum Gasteiger partial charge on any atom is 0.356 e. The van der Waals surface area contributed by atoms with Gasteiger partial charge in [0.15, 0.2) is 11.5 Å². The van der Waals surface area contributed by atoms with E-state index >= 15 is 0 Å². The van der Waals surface area contributed by atoms with Crippen LogP contribution in [0.3, 0.4) is 0 Å². The van der Waals surface area contributed by atoms with Gasteiger partial charge in [0, 0.05) is 19.3 Å². The van der Waals surface area contributed by atoms with Gasteiger partial charge in [-0.2, -0.15) is 0 Å². The second-order valence-electron chi connectivity index (χ2n) is 5.37. The number of pyridine rings is 1. The van der Waals surface area contributed by atoms with Crippen LogP contribution >= 0.6 is 0 Å². The summed E-state index contributed by atoms with van der Waals surface area (Å²) in [6, 6.07) is 5.46.